The largest absolute Gasteiger partial charge is 0.387 e. The molecule has 2 aromatic rings. The topological polar surface area (TPSA) is 50.9 Å². The summed E-state index contributed by atoms with van der Waals surface area (Å²) in [7, 11) is 0. The highest BCUT2D eigenvalue weighted by Crippen LogP contribution is 2.23. The van der Waals surface area contributed by atoms with Crippen molar-refractivity contribution in [3.63, 3.8) is 0 Å². The van der Waals surface area contributed by atoms with E-state index in [0.717, 1.165) is 22.3 Å². The summed E-state index contributed by atoms with van der Waals surface area (Å²) in [6.07, 6.45) is 5.48. The third kappa shape index (κ3) is 2.31. The molecule has 5 heteroatoms. The number of aliphatic hydroxyl groups is 1. The van der Waals surface area contributed by atoms with Crippen molar-refractivity contribution in [2.75, 3.05) is 0 Å². The lowest BCUT2D eigenvalue weighted by Gasteiger charge is -2.09. The summed E-state index contributed by atoms with van der Waals surface area (Å²) in [5.41, 5.74) is 0. The Morgan fingerprint density at radius 3 is 2.94 bits per heavy atom. The first-order valence-corrected chi connectivity index (χ1v) is 6.12. The third-order valence-electron chi connectivity index (χ3n) is 2.49. The monoisotopic (exact) mass is 237 g/mol. The second kappa shape index (κ2) is 4.76. The first kappa shape index (κ1) is 11.3. The summed E-state index contributed by atoms with van der Waals surface area (Å²) in [5, 5.41) is 11.0. The molecule has 1 N–H and O–H groups in total. The van der Waals surface area contributed by atoms with E-state index in [1.54, 1.807) is 12.4 Å². The first-order valence-electron chi connectivity index (χ1n) is 5.31. The smallest absolute Gasteiger partial charge is 0.111 e. The van der Waals surface area contributed by atoms with Crippen LogP contribution in [-0.4, -0.2) is 19.6 Å². The highest BCUT2D eigenvalue weighted by molar-refractivity contribution is 7.11. The zero-order valence-electron chi connectivity index (χ0n) is 9.42. The molecular weight excluding hydrogens is 222 g/mol. The van der Waals surface area contributed by atoms with Gasteiger partial charge in [0.05, 0.1) is 16.0 Å². The molecule has 2 aromatic heterocycles. The minimum atomic E-state index is -0.501. The second-order valence-corrected chi connectivity index (χ2v) is 4.90. The molecule has 4 nitrogen and oxygen atoms in total. The van der Waals surface area contributed by atoms with Crippen molar-refractivity contribution in [1.82, 2.24) is 14.5 Å². The van der Waals surface area contributed by atoms with Crippen LogP contribution in [0.1, 0.15) is 28.7 Å². The van der Waals surface area contributed by atoms with Gasteiger partial charge in [0, 0.05) is 31.6 Å². The van der Waals surface area contributed by atoms with E-state index in [-0.39, 0.29) is 0 Å². The number of rotatable bonds is 4. The summed E-state index contributed by atoms with van der Waals surface area (Å²) in [6.45, 7) is 4.88. The fraction of sp³-hybridized carbons (Fsp3) is 0.455. The third-order valence-corrected chi connectivity index (χ3v) is 3.50. The normalized spacial score (nSPS) is 12.9. The van der Waals surface area contributed by atoms with Crippen LogP contribution in [0.25, 0.3) is 0 Å². The predicted octanol–water partition coefficient (Wildman–Crippen LogP) is 1.94. The number of aryl methyl sites for hydroxylation is 2. The van der Waals surface area contributed by atoms with Gasteiger partial charge in [0.1, 0.15) is 5.82 Å². The van der Waals surface area contributed by atoms with Crippen LogP contribution in [0.4, 0.5) is 0 Å². The van der Waals surface area contributed by atoms with Crippen molar-refractivity contribution in [2.45, 2.75) is 32.9 Å². The molecule has 0 bridgehead atoms. The summed E-state index contributed by atoms with van der Waals surface area (Å²) in [6, 6.07) is 0. The van der Waals surface area contributed by atoms with E-state index in [2.05, 4.69) is 16.9 Å². The Bertz CT molecular complexity index is 463. The molecule has 0 aliphatic heterocycles. The van der Waals surface area contributed by atoms with E-state index in [4.69, 9.17) is 0 Å². The Labute approximate surface area is 98.6 Å². The fourth-order valence-corrected chi connectivity index (χ4v) is 2.39. The average Bonchev–Trinajstić information content (AvgIpc) is 2.86. The van der Waals surface area contributed by atoms with E-state index in [0.29, 0.717) is 6.42 Å². The molecule has 0 saturated heterocycles. The number of hydrogen-bond acceptors (Lipinski definition) is 4. The minimum Gasteiger partial charge on any atom is -0.387 e. The number of thiazole rings is 1. The Morgan fingerprint density at radius 2 is 2.31 bits per heavy atom. The van der Waals surface area contributed by atoms with Crippen molar-refractivity contribution >= 4 is 11.3 Å². The molecule has 2 rings (SSSR count). The minimum absolute atomic E-state index is 0.501. The number of imidazole rings is 1. The van der Waals surface area contributed by atoms with Gasteiger partial charge in [0.2, 0.25) is 0 Å². The Kier molecular flexibility index (Phi) is 3.36. The molecule has 16 heavy (non-hydrogen) atoms. The van der Waals surface area contributed by atoms with Gasteiger partial charge in [-0.25, -0.2) is 9.97 Å². The van der Waals surface area contributed by atoms with E-state index in [9.17, 15) is 5.11 Å². The Morgan fingerprint density at radius 1 is 1.50 bits per heavy atom. The van der Waals surface area contributed by atoms with Crippen LogP contribution in [0.5, 0.6) is 0 Å². The lowest BCUT2D eigenvalue weighted by atomic mass is 10.2. The standard InChI is InChI=1S/C11H15N3OS/c1-3-14-5-4-12-11(14)6-9(15)10-7-13-8(2)16-10/h4-5,7,9,15H,3,6H2,1-2H3. The van der Waals surface area contributed by atoms with Crippen molar-refractivity contribution in [3.05, 3.63) is 34.3 Å². The van der Waals surface area contributed by atoms with Crippen LogP contribution >= 0.6 is 11.3 Å². The zero-order chi connectivity index (χ0) is 11.5. The van der Waals surface area contributed by atoms with Gasteiger partial charge in [-0.1, -0.05) is 0 Å². The molecule has 0 aromatic carbocycles. The van der Waals surface area contributed by atoms with Gasteiger partial charge >= 0.3 is 0 Å². The van der Waals surface area contributed by atoms with Crippen molar-refractivity contribution in [3.8, 4) is 0 Å². The van der Waals surface area contributed by atoms with Gasteiger partial charge in [-0.15, -0.1) is 11.3 Å². The molecule has 2 heterocycles. The number of hydrogen-bond donors (Lipinski definition) is 1. The van der Waals surface area contributed by atoms with Crippen molar-refractivity contribution < 1.29 is 5.11 Å². The number of aromatic nitrogens is 3. The molecule has 0 radical (unpaired) electrons. The predicted molar refractivity (Wildman–Crippen MR) is 63.4 cm³/mol. The van der Waals surface area contributed by atoms with Crippen LogP contribution in [0.3, 0.4) is 0 Å². The lowest BCUT2D eigenvalue weighted by molar-refractivity contribution is 0.178. The zero-order valence-corrected chi connectivity index (χ0v) is 10.2. The molecule has 0 spiro atoms. The fourth-order valence-electron chi connectivity index (χ4n) is 1.62. The van der Waals surface area contributed by atoms with Gasteiger partial charge in [0.15, 0.2) is 0 Å². The van der Waals surface area contributed by atoms with Crippen molar-refractivity contribution in [2.24, 2.45) is 0 Å². The van der Waals surface area contributed by atoms with E-state index in [1.807, 2.05) is 17.7 Å². The van der Waals surface area contributed by atoms with E-state index < -0.39 is 6.10 Å². The molecule has 0 saturated carbocycles. The average molecular weight is 237 g/mol. The summed E-state index contributed by atoms with van der Waals surface area (Å²) in [4.78, 5) is 9.29. The van der Waals surface area contributed by atoms with Gasteiger partial charge in [-0.2, -0.15) is 0 Å². The second-order valence-electron chi connectivity index (χ2n) is 3.63. The molecule has 86 valence electrons. The highest BCUT2D eigenvalue weighted by atomic mass is 32.1. The first-order chi connectivity index (χ1) is 7.70. The molecule has 1 atom stereocenters. The molecule has 0 aliphatic carbocycles. The van der Waals surface area contributed by atoms with Crippen molar-refractivity contribution in [1.29, 1.82) is 0 Å². The van der Waals surface area contributed by atoms with Gasteiger partial charge < -0.3 is 9.67 Å². The Hall–Kier alpha value is -1.20. The molecular formula is C11H15N3OS. The quantitative estimate of drug-likeness (QED) is 0.884. The van der Waals surface area contributed by atoms with Gasteiger partial charge in [-0.3, -0.25) is 0 Å². The summed E-state index contributed by atoms with van der Waals surface area (Å²) < 4.78 is 2.04. The lowest BCUT2D eigenvalue weighted by Crippen LogP contribution is -2.07. The summed E-state index contributed by atoms with van der Waals surface area (Å²) >= 11 is 1.53. The maximum atomic E-state index is 10.0. The maximum Gasteiger partial charge on any atom is 0.111 e. The van der Waals surface area contributed by atoms with Crippen LogP contribution in [0, 0.1) is 6.92 Å². The molecule has 0 fully saturated rings. The van der Waals surface area contributed by atoms with Crippen LogP contribution < -0.4 is 0 Å². The SMILES string of the molecule is CCn1ccnc1CC(O)c1cnc(C)s1. The number of aliphatic hydroxyl groups excluding tert-OH is 1. The molecule has 0 amide bonds. The molecule has 1 unspecified atom stereocenters. The van der Waals surface area contributed by atoms with Crippen LogP contribution in [-0.2, 0) is 13.0 Å². The number of nitrogens with zero attached hydrogens (tertiary/aromatic N) is 3. The van der Waals surface area contributed by atoms with Crippen LogP contribution in [0.2, 0.25) is 0 Å². The molecule has 0 aliphatic rings. The summed E-state index contributed by atoms with van der Waals surface area (Å²) in [5.74, 6) is 0.918. The highest BCUT2D eigenvalue weighted by Gasteiger charge is 2.14. The maximum absolute atomic E-state index is 10.0. The van der Waals surface area contributed by atoms with Gasteiger partial charge in [0.25, 0.3) is 0 Å². The Balaban J connectivity index is 2.10. The van der Waals surface area contributed by atoms with E-state index >= 15 is 0 Å². The van der Waals surface area contributed by atoms with Crippen LogP contribution in [0.15, 0.2) is 18.6 Å². The van der Waals surface area contributed by atoms with Gasteiger partial charge in [-0.05, 0) is 13.8 Å². The van der Waals surface area contributed by atoms with E-state index in [1.165, 1.54) is 11.3 Å².